The van der Waals surface area contributed by atoms with Crippen LogP contribution in [0, 0.1) is 0 Å². The first-order valence-electron chi connectivity index (χ1n) is 6.96. The number of hydrogen-bond acceptors (Lipinski definition) is 4. The van der Waals surface area contributed by atoms with E-state index in [0.717, 1.165) is 0 Å². The fourth-order valence-electron chi connectivity index (χ4n) is 1.82. The summed E-state index contributed by atoms with van der Waals surface area (Å²) in [5.41, 5.74) is 0.610. The van der Waals surface area contributed by atoms with Crippen molar-refractivity contribution in [1.29, 1.82) is 0 Å². The van der Waals surface area contributed by atoms with E-state index in [-0.39, 0.29) is 17.9 Å². The highest BCUT2D eigenvalue weighted by atomic mass is 35.5. The quantitative estimate of drug-likeness (QED) is 0.548. The first kappa shape index (κ1) is 19.4. The Morgan fingerprint density at radius 2 is 1.65 bits per heavy atom. The minimum atomic E-state index is -0.770. The van der Waals surface area contributed by atoms with Crippen molar-refractivity contribution in [2.75, 3.05) is 18.9 Å². The first-order chi connectivity index (χ1) is 10.9. The van der Waals surface area contributed by atoms with Crippen molar-refractivity contribution in [1.82, 2.24) is 10.6 Å². The molecule has 1 rings (SSSR count). The van der Waals surface area contributed by atoms with Gasteiger partial charge in [-0.2, -0.15) is 0 Å². The SMILES string of the molecule is COc1ccc(C(NC(=O)CCl)NC(=O)CCl)cc1OC(C)C. The van der Waals surface area contributed by atoms with Crippen molar-refractivity contribution >= 4 is 35.0 Å². The predicted octanol–water partition coefficient (Wildman–Crippen LogP) is 2.19. The smallest absolute Gasteiger partial charge is 0.236 e. The third-order valence-corrected chi connectivity index (χ3v) is 3.22. The number of rotatable bonds is 8. The maximum absolute atomic E-state index is 11.6. The molecule has 2 amide bonds. The molecule has 0 fully saturated rings. The molecule has 1 aromatic rings. The molecule has 0 saturated heterocycles. The average Bonchev–Trinajstić information content (AvgIpc) is 2.53. The first-order valence-corrected chi connectivity index (χ1v) is 8.03. The molecule has 0 aliphatic rings. The van der Waals surface area contributed by atoms with Crippen molar-refractivity contribution in [3.8, 4) is 11.5 Å². The van der Waals surface area contributed by atoms with Gasteiger partial charge in [-0.05, 0) is 31.5 Å². The molecule has 0 saturated carbocycles. The number of hydrogen-bond donors (Lipinski definition) is 2. The van der Waals surface area contributed by atoms with Crippen molar-refractivity contribution < 1.29 is 19.1 Å². The average molecular weight is 363 g/mol. The molecule has 0 aromatic heterocycles. The largest absolute Gasteiger partial charge is 0.493 e. The molecule has 2 N–H and O–H groups in total. The molecule has 0 unspecified atom stereocenters. The molecule has 0 radical (unpaired) electrons. The summed E-state index contributed by atoms with van der Waals surface area (Å²) >= 11 is 11.0. The van der Waals surface area contributed by atoms with Gasteiger partial charge in [0.2, 0.25) is 11.8 Å². The standard InChI is InChI=1S/C15H20Cl2N2O4/c1-9(2)23-12-6-10(4-5-11(12)22-3)15(18-13(20)7-16)19-14(21)8-17/h4-6,9,15H,7-8H2,1-3H3,(H,18,20)(H,19,21). The van der Waals surface area contributed by atoms with E-state index in [9.17, 15) is 9.59 Å². The summed E-state index contributed by atoms with van der Waals surface area (Å²) in [5.74, 6) is -0.238. The highest BCUT2D eigenvalue weighted by molar-refractivity contribution is 6.27. The van der Waals surface area contributed by atoms with Gasteiger partial charge in [0, 0.05) is 0 Å². The van der Waals surface area contributed by atoms with Gasteiger partial charge < -0.3 is 20.1 Å². The second-order valence-electron chi connectivity index (χ2n) is 4.91. The zero-order valence-electron chi connectivity index (χ0n) is 13.2. The van der Waals surface area contributed by atoms with Crippen LogP contribution in [0.5, 0.6) is 11.5 Å². The number of amides is 2. The fourth-order valence-corrected chi connectivity index (χ4v) is 1.98. The fraction of sp³-hybridized carbons (Fsp3) is 0.467. The molecule has 0 heterocycles. The summed E-state index contributed by atoms with van der Waals surface area (Å²) < 4.78 is 10.9. The van der Waals surface area contributed by atoms with Gasteiger partial charge in [-0.1, -0.05) is 6.07 Å². The van der Waals surface area contributed by atoms with Crippen molar-refractivity contribution in [2.24, 2.45) is 0 Å². The number of carbonyl (C=O) groups excluding carboxylic acids is 2. The van der Waals surface area contributed by atoms with Crippen LogP contribution in [0.25, 0.3) is 0 Å². The Morgan fingerprint density at radius 3 is 2.09 bits per heavy atom. The molecule has 8 heteroatoms. The van der Waals surface area contributed by atoms with Gasteiger partial charge >= 0.3 is 0 Å². The summed E-state index contributed by atoms with van der Waals surface area (Å²) in [6.45, 7) is 3.77. The van der Waals surface area contributed by atoms with Crippen LogP contribution in [-0.4, -0.2) is 36.8 Å². The Morgan fingerprint density at radius 1 is 1.09 bits per heavy atom. The minimum absolute atomic E-state index is 0.0625. The Hall–Kier alpha value is -1.66. The highest BCUT2D eigenvalue weighted by Crippen LogP contribution is 2.30. The predicted molar refractivity (Wildman–Crippen MR) is 89.2 cm³/mol. The van der Waals surface area contributed by atoms with Gasteiger partial charge in [-0.15, -0.1) is 23.2 Å². The van der Waals surface area contributed by atoms with Crippen LogP contribution in [0.1, 0.15) is 25.6 Å². The van der Waals surface area contributed by atoms with E-state index in [4.69, 9.17) is 32.7 Å². The van der Waals surface area contributed by atoms with Crippen LogP contribution in [0.15, 0.2) is 18.2 Å². The number of halogens is 2. The molecule has 0 aliphatic heterocycles. The molecule has 128 valence electrons. The molecule has 0 aliphatic carbocycles. The number of carbonyl (C=O) groups is 2. The minimum Gasteiger partial charge on any atom is -0.493 e. The topological polar surface area (TPSA) is 76.7 Å². The lowest BCUT2D eigenvalue weighted by molar-refractivity contribution is -0.122. The molecule has 0 bridgehead atoms. The van der Waals surface area contributed by atoms with Gasteiger partial charge in [-0.3, -0.25) is 9.59 Å². The van der Waals surface area contributed by atoms with Crippen LogP contribution in [0.2, 0.25) is 0 Å². The third-order valence-electron chi connectivity index (χ3n) is 2.74. The maximum Gasteiger partial charge on any atom is 0.236 e. The molecular formula is C15H20Cl2N2O4. The van der Waals surface area contributed by atoms with Gasteiger partial charge in [0.15, 0.2) is 11.5 Å². The number of nitrogens with one attached hydrogen (secondary N) is 2. The zero-order chi connectivity index (χ0) is 17.4. The summed E-state index contributed by atoms with van der Waals surface area (Å²) in [6.07, 6.45) is -0.833. The van der Waals surface area contributed by atoms with Crippen molar-refractivity contribution in [3.05, 3.63) is 23.8 Å². The second-order valence-corrected chi connectivity index (χ2v) is 5.45. The van der Waals surface area contributed by atoms with Crippen LogP contribution < -0.4 is 20.1 Å². The monoisotopic (exact) mass is 362 g/mol. The molecule has 23 heavy (non-hydrogen) atoms. The van der Waals surface area contributed by atoms with Gasteiger partial charge in [0.25, 0.3) is 0 Å². The summed E-state index contributed by atoms with van der Waals surface area (Å²) in [6, 6.07) is 5.09. The van der Waals surface area contributed by atoms with E-state index in [1.165, 1.54) is 7.11 Å². The van der Waals surface area contributed by atoms with E-state index < -0.39 is 18.0 Å². The number of ether oxygens (including phenoxy) is 2. The van der Waals surface area contributed by atoms with E-state index in [1.807, 2.05) is 13.8 Å². The Labute approximate surface area is 145 Å². The lowest BCUT2D eigenvalue weighted by Gasteiger charge is -2.22. The molecule has 6 nitrogen and oxygen atoms in total. The van der Waals surface area contributed by atoms with E-state index >= 15 is 0 Å². The third kappa shape index (κ3) is 6.15. The van der Waals surface area contributed by atoms with Gasteiger partial charge in [-0.25, -0.2) is 0 Å². The number of alkyl halides is 2. The summed E-state index contributed by atoms with van der Waals surface area (Å²) in [5, 5.41) is 5.22. The maximum atomic E-state index is 11.6. The zero-order valence-corrected chi connectivity index (χ0v) is 14.7. The second kappa shape index (κ2) is 9.47. The molecule has 0 atom stereocenters. The molecule has 1 aromatic carbocycles. The number of methoxy groups -OCH3 is 1. The van der Waals surface area contributed by atoms with Gasteiger partial charge in [0.05, 0.1) is 13.2 Å². The van der Waals surface area contributed by atoms with Gasteiger partial charge in [0.1, 0.15) is 17.9 Å². The molecular weight excluding hydrogens is 343 g/mol. The van der Waals surface area contributed by atoms with E-state index in [0.29, 0.717) is 17.1 Å². The van der Waals surface area contributed by atoms with Crippen LogP contribution in [0.4, 0.5) is 0 Å². The lowest BCUT2D eigenvalue weighted by atomic mass is 10.1. The summed E-state index contributed by atoms with van der Waals surface area (Å²) in [7, 11) is 1.53. The van der Waals surface area contributed by atoms with Crippen LogP contribution in [-0.2, 0) is 9.59 Å². The summed E-state index contributed by atoms with van der Waals surface area (Å²) in [4.78, 5) is 23.1. The van der Waals surface area contributed by atoms with Crippen molar-refractivity contribution in [3.63, 3.8) is 0 Å². The van der Waals surface area contributed by atoms with Crippen LogP contribution >= 0.6 is 23.2 Å². The van der Waals surface area contributed by atoms with E-state index in [2.05, 4.69) is 10.6 Å². The molecule has 0 spiro atoms. The van der Waals surface area contributed by atoms with E-state index in [1.54, 1.807) is 18.2 Å². The highest BCUT2D eigenvalue weighted by Gasteiger charge is 2.19. The Kier molecular flexibility index (Phi) is 7.98. The lowest BCUT2D eigenvalue weighted by Crippen LogP contribution is -2.42. The number of benzene rings is 1. The Balaban J connectivity index is 3.12. The Bertz CT molecular complexity index is 534. The van der Waals surface area contributed by atoms with Crippen molar-refractivity contribution in [2.45, 2.75) is 26.1 Å². The normalized spacial score (nSPS) is 10.6. The van der Waals surface area contributed by atoms with Crippen LogP contribution in [0.3, 0.4) is 0 Å².